The molecule has 3 aliphatic rings. The molecule has 0 fully saturated rings. The van der Waals surface area contributed by atoms with Crippen LogP contribution in [-0.4, -0.2) is 102 Å². The minimum Gasteiger partial charge on any atom is -0.508 e. The van der Waals surface area contributed by atoms with Crippen LogP contribution in [0.3, 0.4) is 0 Å². The van der Waals surface area contributed by atoms with Crippen molar-refractivity contribution >= 4 is 10.9 Å². The summed E-state index contributed by atoms with van der Waals surface area (Å²) < 4.78 is 27.1. The first kappa shape index (κ1) is 45.7. The second-order valence-corrected chi connectivity index (χ2v) is 18.8. The highest BCUT2D eigenvalue weighted by Gasteiger charge is 2.50. The van der Waals surface area contributed by atoms with Crippen LogP contribution < -0.4 is 30.2 Å². The fourth-order valence-electron chi connectivity index (χ4n) is 10.5. The van der Waals surface area contributed by atoms with Crippen LogP contribution in [0, 0.1) is 5.92 Å². The molecular formula is C51H66N4O9. The van der Waals surface area contributed by atoms with Crippen molar-refractivity contribution in [1.82, 2.24) is 20.9 Å². The maximum atomic E-state index is 11.3. The van der Waals surface area contributed by atoms with Crippen molar-refractivity contribution in [2.24, 2.45) is 5.92 Å². The Balaban J connectivity index is 1.29. The van der Waals surface area contributed by atoms with Crippen LogP contribution in [0.4, 0.5) is 0 Å². The average molecular weight is 879 g/mol. The van der Waals surface area contributed by atoms with E-state index in [1.165, 1.54) is 12.7 Å². The van der Waals surface area contributed by atoms with Gasteiger partial charge in [-0.15, -0.1) is 0 Å². The molecule has 0 bridgehead atoms. The predicted molar refractivity (Wildman–Crippen MR) is 248 cm³/mol. The number of fused-ring (bicyclic) bond motifs is 9. The quantitative estimate of drug-likeness (QED) is 0.0334. The molecule has 9 N–H and O–H groups in total. The first-order valence-corrected chi connectivity index (χ1v) is 22.8. The molecule has 64 heavy (non-hydrogen) atoms. The molecule has 344 valence electrons. The van der Waals surface area contributed by atoms with E-state index in [4.69, 9.17) is 18.9 Å². The molecule has 0 amide bonds. The van der Waals surface area contributed by atoms with Crippen molar-refractivity contribution in [3.8, 4) is 39.9 Å². The Morgan fingerprint density at radius 3 is 2.59 bits per heavy atom. The summed E-state index contributed by atoms with van der Waals surface area (Å²) in [4.78, 5) is 3.31. The summed E-state index contributed by atoms with van der Waals surface area (Å²) in [6.45, 7) is 7.24. The van der Waals surface area contributed by atoms with Crippen LogP contribution in [0.2, 0.25) is 0 Å². The van der Waals surface area contributed by atoms with E-state index in [1.807, 2.05) is 44.4 Å². The number of aryl methyl sites for hydroxylation is 1. The number of nitrogens with one attached hydrogen (secondary N) is 4. The Morgan fingerprint density at radius 2 is 1.83 bits per heavy atom. The van der Waals surface area contributed by atoms with Crippen molar-refractivity contribution in [1.29, 1.82) is 0 Å². The SMILES string of the molecule is CNCO[C@]1(CNCNC[C@@](C)(O)CC(C)C)Cc2c3c(c4c(c2O[C@@H]1c1cc(CCCO)c(O)c(OC)c1)CC[C@H](CO)O4)-c1ccc(O)cc1[C@@H](Cc1ccc2[nH]ccc2c1)C3. The first-order valence-electron chi connectivity index (χ1n) is 22.8. The second kappa shape index (κ2) is 19.3. The Kier molecular flexibility index (Phi) is 13.8. The maximum Gasteiger partial charge on any atom is 0.161 e. The Bertz CT molecular complexity index is 2430. The van der Waals surface area contributed by atoms with E-state index in [1.54, 1.807) is 6.07 Å². The number of rotatable bonds is 19. The fraction of sp³-hybridized carbons (Fsp3) is 0.490. The van der Waals surface area contributed by atoms with Crippen LogP contribution in [0.25, 0.3) is 22.0 Å². The molecule has 2 aliphatic heterocycles. The van der Waals surface area contributed by atoms with Crippen molar-refractivity contribution in [2.75, 3.05) is 53.9 Å². The van der Waals surface area contributed by atoms with Gasteiger partial charge in [-0.25, -0.2) is 0 Å². The van der Waals surface area contributed by atoms with Gasteiger partial charge in [0.15, 0.2) is 17.6 Å². The van der Waals surface area contributed by atoms with Crippen LogP contribution in [-0.2, 0) is 36.8 Å². The van der Waals surface area contributed by atoms with Gasteiger partial charge in [0.05, 0.1) is 26.0 Å². The third-order valence-electron chi connectivity index (χ3n) is 13.2. The monoisotopic (exact) mass is 878 g/mol. The highest BCUT2D eigenvalue weighted by Crippen LogP contribution is 2.58. The van der Waals surface area contributed by atoms with E-state index in [0.29, 0.717) is 87.7 Å². The highest BCUT2D eigenvalue weighted by molar-refractivity contribution is 5.85. The van der Waals surface area contributed by atoms with Gasteiger partial charge in [-0.3, -0.25) is 5.32 Å². The third-order valence-corrected chi connectivity index (χ3v) is 13.2. The number of H-pyrrole nitrogens is 1. The van der Waals surface area contributed by atoms with E-state index in [0.717, 1.165) is 62.0 Å². The third kappa shape index (κ3) is 9.30. The number of phenolic OH excluding ortho intramolecular Hbond substituents is 2. The smallest absolute Gasteiger partial charge is 0.161 e. The Hall–Kier alpha value is -4.86. The number of ether oxygens (including phenoxy) is 4. The van der Waals surface area contributed by atoms with Gasteiger partial charge in [0, 0.05) is 61.2 Å². The van der Waals surface area contributed by atoms with Gasteiger partial charge in [0.2, 0.25) is 0 Å². The lowest BCUT2D eigenvalue weighted by Crippen LogP contribution is -2.56. The minimum absolute atomic E-state index is 0.00730. The number of phenols is 2. The van der Waals surface area contributed by atoms with E-state index < -0.39 is 23.4 Å². The van der Waals surface area contributed by atoms with E-state index in [-0.39, 0.29) is 37.4 Å². The molecule has 5 atom stereocenters. The first-order chi connectivity index (χ1) is 30.9. The normalized spacial score (nSPS) is 21.0. The maximum absolute atomic E-state index is 11.3. The summed E-state index contributed by atoms with van der Waals surface area (Å²) in [5.74, 6) is 2.29. The Labute approximate surface area is 376 Å². The standard InChI is InChI=1S/C51H66N4O9/c1-30(2)23-50(3,60)26-53-28-54-27-51(62-29-52-4)24-42-41-20-34(18-31-8-13-43-32(17-31)14-15-55-43)40-22-36(58)9-11-38(40)45(41)48-39(12-10-37(25-57)63-48)47(42)64-49(51)35-19-33(7-6-16-56)46(59)44(21-35)61-5/h8-9,11,13-15,17,19,21-22,30,34,37,49,52-60H,6-7,10,12,16,18,20,23-29H2,1-5H3/t34-,37+,49+,50-,51-/m0/s1. The number of aliphatic hydroxyl groups excluding tert-OH is 2. The number of aromatic nitrogens is 1. The topological polar surface area (TPSA) is 190 Å². The number of methoxy groups -OCH3 is 1. The average Bonchev–Trinajstić information content (AvgIpc) is 3.75. The summed E-state index contributed by atoms with van der Waals surface area (Å²) in [5.41, 5.74) is 7.74. The number of benzene rings is 4. The van der Waals surface area contributed by atoms with Gasteiger partial charge >= 0.3 is 0 Å². The minimum atomic E-state index is -1.04. The van der Waals surface area contributed by atoms with Gasteiger partial charge in [-0.2, -0.15) is 0 Å². The van der Waals surface area contributed by atoms with E-state index in [2.05, 4.69) is 59.0 Å². The van der Waals surface area contributed by atoms with Crippen LogP contribution in [0.5, 0.6) is 28.7 Å². The summed E-state index contributed by atoms with van der Waals surface area (Å²) in [6.07, 6.45) is 5.38. The van der Waals surface area contributed by atoms with Crippen LogP contribution in [0.15, 0.2) is 60.8 Å². The van der Waals surface area contributed by atoms with Gasteiger partial charge in [-0.1, -0.05) is 26.0 Å². The summed E-state index contributed by atoms with van der Waals surface area (Å²) >= 11 is 0. The van der Waals surface area contributed by atoms with E-state index in [9.17, 15) is 25.5 Å². The lowest BCUT2D eigenvalue weighted by molar-refractivity contribution is -0.129. The Morgan fingerprint density at radius 1 is 0.984 bits per heavy atom. The zero-order valence-corrected chi connectivity index (χ0v) is 37.9. The summed E-state index contributed by atoms with van der Waals surface area (Å²) in [7, 11) is 3.37. The molecule has 0 saturated carbocycles. The van der Waals surface area contributed by atoms with Crippen molar-refractivity contribution in [2.45, 2.75) is 101 Å². The lowest BCUT2D eigenvalue weighted by atomic mass is 9.70. The number of aromatic hydroxyl groups is 2. The zero-order chi connectivity index (χ0) is 45.2. The molecule has 0 radical (unpaired) electrons. The van der Waals surface area contributed by atoms with Gasteiger partial charge < -0.3 is 60.1 Å². The summed E-state index contributed by atoms with van der Waals surface area (Å²) in [5, 5.41) is 65.1. The summed E-state index contributed by atoms with van der Waals surface area (Å²) in [6, 6.07) is 18.0. The molecule has 0 saturated heterocycles. The molecular weight excluding hydrogens is 813 g/mol. The molecule has 1 aliphatic carbocycles. The largest absolute Gasteiger partial charge is 0.508 e. The van der Waals surface area contributed by atoms with Crippen LogP contribution >= 0.6 is 0 Å². The van der Waals surface area contributed by atoms with Crippen LogP contribution in [0.1, 0.15) is 91.0 Å². The molecule has 0 spiro atoms. The van der Waals surface area contributed by atoms with Gasteiger partial charge in [0.25, 0.3) is 0 Å². The highest BCUT2D eigenvalue weighted by atomic mass is 16.6. The van der Waals surface area contributed by atoms with Gasteiger partial charge in [-0.05, 0) is 152 Å². The fourth-order valence-corrected chi connectivity index (χ4v) is 10.5. The lowest BCUT2D eigenvalue weighted by Gasteiger charge is -2.47. The number of aromatic amines is 1. The van der Waals surface area contributed by atoms with Crippen molar-refractivity contribution in [3.05, 3.63) is 99.7 Å². The van der Waals surface area contributed by atoms with Crippen molar-refractivity contribution in [3.63, 3.8) is 0 Å². The number of aliphatic hydroxyl groups is 3. The number of hydrogen-bond acceptors (Lipinski definition) is 12. The molecule has 8 rings (SSSR count). The second-order valence-electron chi connectivity index (χ2n) is 18.8. The predicted octanol–water partition coefficient (Wildman–Crippen LogP) is 6.29. The van der Waals surface area contributed by atoms with E-state index >= 15 is 0 Å². The molecule has 1 aromatic heterocycles. The van der Waals surface area contributed by atoms with Gasteiger partial charge in [0.1, 0.15) is 29.0 Å². The molecule has 4 aromatic carbocycles. The molecule has 13 nitrogen and oxygen atoms in total. The van der Waals surface area contributed by atoms with Crippen molar-refractivity contribution < 1.29 is 44.5 Å². The molecule has 5 aromatic rings. The molecule has 3 heterocycles. The molecule has 13 heteroatoms. The number of hydrogen-bond donors (Lipinski definition) is 9. The zero-order valence-electron chi connectivity index (χ0n) is 37.9. The molecule has 0 unspecified atom stereocenters.